The van der Waals surface area contributed by atoms with Gasteiger partial charge in [-0.3, -0.25) is 14.5 Å². The van der Waals surface area contributed by atoms with Crippen molar-refractivity contribution in [1.82, 2.24) is 9.21 Å². The van der Waals surface area contributed by atoms with Crippen molar-refractivity contribution in [3.8, 4) is 12.0 Å². The van der Waals surface area contributed by atoms with E-state index >= 15 is 0 Å². The van der Waals surface area contributed by atoms with Crippen LogP contribution in [-0.4, -0.2) is 56.0 Å². The van der Waals surface area contributed by atoms with Crippen LogP contribution < -0.4 is 4.90 Å². The number of hydrogen-bond acceptors (Lipinski definition) is 5. The third kappa shape index (κ3) is 4.80. The number of carbonyl (C=O) groups is 2. The second kappa shape index (κ2) is 11.5. The van der Waals surface area contributed by atoms with Gasteiger partial charge in [0.05, 0.1) is 10.6 Å². The van der Waals surface area contributed by atoms with Gasteiger partial charge >= 0.3 is 0 Å². The minimum absolute atomic E-state index is 0.0316. The Balaban J connectivity index is 1.59. The van der Waals surface area contributed by atoms with Gasteiger partial charge in [-0.1, -0.05) is 74.9 Å². The number of amides is 2. The molecule has 6 rings (SSSR count). The number of fused-ring (bicyclic) bond motifs is 3. The van der Waals surface area contributed by atoms with E-state index in [0.29, 0.717) is 11.3 Å². The van der Waals surface area contributed by atoms with Crippen molar-refractivity contribution in [2.45, 2.75) is 87.9 Å². The van der Waals surface area contributed by atoms with E-state index in [1.54, 1.807) is 53.1 Å². The van der Waals surface area contributed by atoms with E-state index in [-0.39, 0.29) is 17.2 Å². The molecule has 0 aliphatic carbocycles. The topological polar surface area (TPSA) is 87.2 Å². The molecule has 0 spiro atoms. The number of rotatable bonds is 8. The maximum atomic E-state index is 14.7. The van der Waals surface area contributed by atoms with Crippen molar-refractivity contribution in [1.29, 1.82) is 0 Å². The van der Waals surface area contributed by atoms with Gasteiger partial charge in [-0.15, -0.1) is 0 Å². The lowest BCUT2D eigenvalue weighted by Gasteiger charge is -2.52. The molecule has 3 aromatic carbocycles. The Morgan fingerprint density at radius 2 is 1.53 bits per heavy atom. The first-order valence-electron chi connectivity index (χ1n) is 15.7. The lowest BCUT2D eigenvalue weighted by atomic mass is 9.82. The van der Waals surface area contributed by atoms with Crippen molar-refractivity contribution >= 4 is 35.8 Å². The molecule has 0 aromatic heterocycles. The molecule has 45 heavy (non-hydrogen) atoms. The van der Waals surface area contributed by atoms with Gasteiger partial charge < -0.3 is 9.33 Å². The molecular weight excluding hydrogens is 603 g/mol. The minimum Gasteiger partial charge on any atom is -0.403 e. The fourth-order valence-corrected chi connectivity index (χ4v) is 11.5. The van der Waals surface area contributed by atoms with Crippen LogP contribution in [0.1, 0.15) is 50.8 Å². The van der Waals surface area contributed by atoms with Crippen LogP contribution in [0, 0.1) is 18.9 Å². The lowest BCUT2D eigenvalue weighted by Crippen LogP contribution is -2.67. The highest BCUT2D eigenvalue weighted by molar-refractivity contribution is 7.89. The highest BCUT2D eigenvalue weighted by Gasteiger charge is 2.69. The molecule has 8 nitrogen and oxygen atoms in total. The number of aryl methyl sites for hydroxylation is 1. The van der Waals surface area contributed by atoms with Gasteiger partial charge in [-0.2, -0.15) is 0 Å². The highest BCUT2D eigenvalue weighted by atomic mass is 32.2. The molecule has 0 N–H and O–H groups in total. The number of nitrogens with zero attached hydrogens (tertiary/aromatic N) is 3. The van der Waals surface area contributed by atoms with Crippen LogP contribution in [0.15, 0.2) is 83.8 Å². The highest BCUT2D eigenvalue weighted by Crippen LogP contribution is 2.57. The van der Waals surface area contributed by atoms with E-state index in [4.69, 9.17) is 4.43 Å². The van der Waals surface area contributed by atoms with E-state index < -0.39 is 48.1 Å². The molecule has 0 unspecified atom stereocenters. The van der Waals surface area contributed by atoms with Gasteiger partial charge in [0.1, 0.15) is 23.9 Å². The Bertz CT molecular complexity index is 1790. The molecule has 234 valence electrons. The van der Waals surface area contributed by atoms with Crippen LogP contribution in [0.3, 0.4) is 0 Å². The number of sulfonamides is 1. The molecule has 2 amide bonds. The zero-order valence-corrected chi connectivity index (χ0v) is 28.2. The van der Waals surface area contributed by atoms with Gasteiger partial charge in [0.2, 0.25) is 5.91 Å². The first-order chi connectivity index (χ1) is 21.5. The van der Waals surface area contributed by atoms with Gasteiger partial charge in [-0.05, 0) is 68.2 Å². The Hall–Kier alpha value is -3.91. The van der Waals surface area contributed by atoms with Crippen LogP contribution in [-0.2, 0) is 29.6 Å². The van der Waals surface area contributed by atoms with Crippen molar-refractivity contribution in [2.75, 3.05) is 4.90 Å². The summed E-state index contributed by atoms with van der Waals surface area (Å²) in [6.07, 6.45) is -0.673. The quantitative estimate of drug-likeness (QED) is 0.182. The first kappa shape index (κ1) is 31.1. The normalized spacial score (nSPS) is 23.8. The zero-order chi connectivity index (χ0) is 32.1. The largest absolute Gasteiger partial charge is 0.403 e. The van der Waals surface area contributed by atoms with Crippen molar-refractivity contribution in [3.05, 3.63) is 95.6 Å². The molecule has 0 bridgehead atoms. The summed E-state index contributed by atoms with van der Waals surface area (Å²) in [5, 5.41) is 0. The maximum absolute atomic E-state index is 14.7. The molecule has 3 aromatic rings. The van der Waals surface area contributed by atoms with Gasteiger partial charge in [0.15, 0.2) is 8.32 Å². The average molecular weight is 642 g/mol. The average Bonchev–Trinajstić information content (AvgIpc) is 3.49. The summed E-state index contributed by atoms with van der Waals surface area (Å²) in [4.78, 5) is 31.9. The van der Waals surface area contributed by atoms with Crippen LogP contribution in [0.2, 0.25) is 18.1 Å². The second-order valence-electron chi connectivity index (χ2n) is 12.2. The predicted molar refractivity (Wildman–Crippen MR) is 176 cm³/mol. The Morgan fingerprint density at radius 1 is 0.911 bits per heavy atom. The lowest BCUT2D eigenvalue weighted by molar-refractivity contribution is -0.155. The number of benzene rings is 3. The zero-order valence-electron chi connectivity index (χ0n) is 26.4. The molecule has 3 aliphatic heterocycles. The summed E-state index contributed by atoms with van der Waals surface area (Å²) >= 11 is 0. The summed E-state index contributed by atoms with van der Waals surface area (Å²) in [7, 11) is -6.69. The van der Waals surface area contributed by atoms with Gasteiger partial charge in [0.25, 0.3) is 15.9 Å². The van der Waals surface area contributed by atoms with Gasteiger partial charge in [-0.25, -0.2) is 12.7 Å². The van der Waals surface area contributed by atoms with Gasteiger partial charge in [0, 0.05) is 23.6 Å². The smallest absolute Gasteiger partial charge is 0.271 e. The summed E-state index contributed by atoms with van der Waals surface area (Å²) in [5.74, 6) is 2.35. The molecule has 2 saturated heterocycles. The number of hydrogen-bond donors (Lipinski definition) is 0. The summed E-state index contributed by atoms with van der Waals surface area (Å²) < 4.78 is 37.5. The van der Waals surface area contributed by atoms with Crippen molar-refractivity contribution in [3.63, 3.8) is 0 Å². The van der Waals surface area contributed by atoms with E-state index in [0.717, 1.165) is 33.6 Å². The molecule has 4 atom stereocenters. The van der Waals surface area contributed by atoms with E-state index in [1.165, 1.54) is 0 Å². The summed E-state index contributed by atoms with van der Waals surface area (Å²) in [6, 6.07) is 26.7. The van der Waals surface area contributed by atoms with Crippen molar-refractivity contribution in [2.24, 2.45) is 0 Å². The summed E-state index contributed by atoms with van der Waals surface area (Å²) in [6.45, 7) is 10.0. The fraction of sp³-hybridized carbons (Fsp3) is 0.371. The predicted octanol–water partition coefficient (Wildman–Crippen LogP) is 5.59. The van der Waals surface area contributed by atoms with Crippen molar-refractivity contribution < 1.29 is 22.4 Å². The SMILES string of the molecule is CC[Si](CC)(CC)O[C@]12C[C@@H](N(C#Cc3ccccc3)S(=O)(=O)c3ccc(C)cc3)C(=O)N3[C@H]1N(C(=O)[C@@H]3C)c1ccccc12. The van der Waals surface area contributed by atoms with E-state index in [2.05, 4.69) is 32.7 Å². The molecule has 2 fully saturated rings. The van der Waals surface area contributed by atoms with E-state index in [9.17, 15) is 18.0 Å². The minimum atomic E-state index is -4.29. The fourth-order valence-electron chi connectivity index (χ4n) is 7.17. The molecule has 10 heteroatoms. The molecule has 3 aliphatic rings. The number of para-hydroxylation sites is 1. The number of piperidine rings is 1. The third-order valence-electron chi connectivity index (χ3n) is 9.87. The summed E-state index contributed by atoms with van der Waals surface area (Å²) in [5.41, 5.74) is 1.93. The Morgan fingerprint density at radius 3 is 2.18 bits per heavy atom. The molecular formula is C35H39N3O5SSi. The van der Waals surface area contributed by atoms with Crippen LogP contribution in [0.5, 0.6) is 0 Å². The third-order valence-corrected chi connectivity index (χ3v) is 16.3. The monoisotopic (exact) mass is 641 g/mol. The Kier molecular flexibility index (Phi) is 7.92. The number of anilines is 1. The maximum Gasteiger partial charge on any atom is 0.271 e. The Labute approximate surface area is 267 Å². The second-order valence-corrected chi connectivity index (χ2v) is 18.7. The molecule has 0 saturated carbocycles. The standard InChI is InChI=1S/C35H39N3O5SSi/c1-6-45(7-2,8-3)43-35-24-31(33(40)37-26(5)32(39)38(34(35)37)30-17-13-12-16-29(30)35)36(23-22-27-14-10-9-11-15-27)44(41,42)28-20-18-25(4)19-21-28/h9-21,26,31,34H,6-8,24H2,1-5H3/t26-,31+,34-,35-/m0/s1. The first-order valence-corrected chi connectivity index (χ1v) is 19.6. The van der Waals surface area contributed by atoms with Crippen LogP contribution >= 0.6 is 0 Å². The van der Waals surface area contributed by atoms with E-state index in [1.807, 2.05) is 49.4 Å². The van der Waals surface area contributed by atoms with Crippen LogP contribution in [0.25, 0.3) is 0 Å². The molecule has 0 radical (unpaired) electrons. The van der Waals surface area contributed by atoms with Crippen LogP contribution in [0.4, 0.5) is 5.69 Å². The number of carbonyl (C=O) groups excluding carboxylic acids is 2. The molecule has 3 heterocycles.